The summed E-state index contributed by atoms with van der Waals surface area (Å²) < 4.78 is 5.19. The summed E-state index contributed by atoms with van der Waals surface area (Å²) in [4.78, 5) is 13.2. The SMILES string of the molecule is C=CCOCC(O)CC1CCCCN1C(=O)CO. The van der Waals surface area contributed by atoms with Gasteiger partial charge in [-0.15, -0.1) is 6.58 Å². The van der Waals surface area contributed by atoms with Gasteiger partial charge in [0.05, 0.1) is 19.3 Å². The van der Waals surface area contributed by atoms with Crippen molar-refractivity contribution < 1.29 is 19.7 Å². The van der Waals surface area contributed by atoms with Gasteiger partial charge in [0.15, 0.2) is 0 Å². The Labute approximate surface area is 108 Å². The predicted molar refractivity (Wildman–Crippen MR) is 68.1 cm³/mol. The van der Waals surface area contributed by atoms with Crippen molar-refractivity contribution in [3.05, 3.63) is 12.7 Å². The molecule has 1 fully saturated rings. The molecule has 5 heteroatoms. The Morgan fingerprint density at radius 3 is 3.00 bits per heavy atom. The van der Waals surface area contributed by atoms with Crippen LogP contribution in [-0.4, -0.2) is 59.5 Å². The lowest BCUT2D eigenvalue weighted by molar-refractivity contribution is -0.138. The van der Waals surface area contributed by atoms with Crippen molar-refractivity contribution in [2.45, 2.75) is 37.8 Å². The van der Waals surface area contributed by atoms with E-state index in [9.17, 15) is 9.90 Å². The van der Waals surface area contributed by atoms with Crippen molar-refractivity contribution in [1.29, 1.82) is 0 Å². The minimum atomic E-state index is -0.581. The molecule has 18 heavy (non-hydrogen) atoms. The Morgan fingerprint density at radius 2 is 2.33 bits per heavy atom. The fourth-order valence-corrected chi connectivity index (χ4v) is 2.33. The molecule has 2 unspecified atom stereocenters. The zero-order valence-electron chi connectivity index (χ0n) is 10.8. The minimum absolute atomic E-state index is 0.0146. The van der Waals surface area contributed by atoms with E-state index in [1.165, 1.54) is 0 Å². The van der Waals surface area contributed by atoms with Crippen LogP contribution < -0.4 is 0 Å². The molecule has 0 radical (unpaired) electrons. The fraction of sp³-hybridized carbons (Fsp3) is 0.769. The van der Waals surface area contributed by atoms with Gasteiger partial charge in [0.2, 0.25) is 5.91 Å². The van der Waals surface area contributed by atoms with Gasteiger partial charge in [0.1, 0.15) is 6.61 Å². The lowest BCUT2D eigenvalue weighted by Gasteiger charge is -2.36. The maximum Gasteiger partial charge on any atom is 0.248 e. The second kappa shape index (κ2) is 8.24. The van der Waals surface area contributed by atoms with Gasteiger partial charge in [-0.1, -0.05) is 6.08 Å². The van der Waals surface area contributed by atoms with Gasteiger partial charge in [-0.3, -0.25) is 4.79 Å². The summed E-state index contributed by atoms with van der Waals surface area (Å²) in [5.41, 5.74) is 0. The van der Waals surface area contributed by atoms with E-state index in [1.54, 1.807) is 11.0 Å². The molecule has 1 heterocycles. The molecule has 0 bridgehead atoms. The van der Waals surface area contributed by atoms with E-state index < -0.39 is 12.7 Å². The van der Waals surface area contributed by atoms with Gasteiger partial charge in [-0.25, -0.2) is 0 Å². The first-order valence-corrected chi connectivity index (χ1v) is 6.46. The van der Waals surface area contributed by atoms with Crippen LogP contribution in [0, 0.1) is 0 Å². The van der Waals surface area contributed by atoms with Gasteiger partial charge in [-0.05, 0) is 25.7 Å². The van der Waals surface area contributed by atoms with E-state index in [1.807, 2.05) is 0 Å². The molecule has 0 aromatic heterocycles. The van der Waals surface area contributed by atoms with Crippen LogP contribution in [0.2, 0.25) is 0 Å². The third kappa shape index (κ3) is 4.76. The average Bonchev–Trinajstić information content (AvgIpc) is 2.39. The number of hydrogen-bond acceptors (Lipinski definition) is 4. The number of carbonyl (C=O) groups excluding carboxylic acids is 1. The first kappa shape index (κ1) is 15.1. The smallest absolute Gasteiger partial charge is 0.248 e. The van der Waals surface area contributed by atoms with E-state index in [0.717, 1.165) is 19.3 Å². The predicted octanol–water partition coefficient (Wildman–Crippen LogP) is 0.313. The first-order valence-electron chi connectivity index (χ1n) is 6.46. The van der Waals surface area contributed by atoms with Crippen molar-refractivity contribution in [3.63, 3.8) is 0 Å². The van der Waals surface area contributed by atoms with Crippen LogP contribution in [0.5, 0.6) is 0 Å². The lowest BCUT2D eigenvalue weighted by atomic mass is 9.97. The number of nitrogens with zero attached hydrogens (tertiary/aromatic N) is 1. The quantitative estimate of drug-likeness (QED) is 0.509. The molecular formula is C13H23NO4. The van der Waals surface area contributed by atoms with Crippen LogP contribution >= 0.6 is 0 Å². The molecule has 0 spiro atoms. The summed E-state index contributed by atoms with van der Waals surface area (Å²) in [6.07, 6.45) is 4.45. The molecule has 5 nitrogen and oxygen atoms in total. The molecule has 0 aliphatic carbocycles. The Bertz CT molecular complexity index is 270. The second-order valence-corrected chi connectivity index (χ2v) is 4.61. The van der Waals surface area contributed by atoms with E-state index in [4.69, 9.17) is 9.84 Å². The number of carbonyl (C=O) groups is 1. The third-order valence-electron chi connectivity index (χ3n) is 3.17. The van der Waals surface area contributed by atoms with E-state index in [-0.39, 0.29) is 18.6 Å². The number of ether oxygens (including phenoxy) is 1. The Kier molecular flexibility index (Phi) is 6.93. The summed E-state index contributed by atoms with van der Waals surface area (Å²) >= 11 is 0. The van der Waals surface area contributed by atoms with Gasteiger partial charge in [0, 0.05) is 12.6 Å². The number of likely N-dealkylation sites (tertiary alicyclic amines) is 1. The largest absolute Gasteiger partial charge is 0.391 e. The highest BCUT2D eigenvalue weighted by Crippen LogP contribution is 2.21. The van der Waals surface area contributed by atoms with E-state index >= 15 is 0 Å². The maximum absolute atomic E-state index is 11.6. The molecule has 2 atom stereocenters. The first-order chi connectivity index (χ1) is 8.69. The molecule has 1 amide bonds. The molecule has 0 saturated carbocycles. The molecule has 0 aromatic rings. The molecule has 0 aromatic carbocycles. The number of hydrogen-bond donors (Lipinski definition) is 2. The Hall–Kier alpha value is -0.910. The third-order valence-corrected chi connectivity index (χ3v) is 3.17. The summed E-state index contributed by atoms with van der Waals surface area (Å²) in [6, 6.07) is 0.0146. The van der Waals surface area contributed by atoms with Crippen molar-refractivity contribution in [2.24, 2.45) is 0 Å². The summed E-state index contributed by atoms with van der Waals surface area (Å²) in [5.74, 6) is -0.251. The number of piperidine rings is 1. The van der Waals surface area contributed by atoms with Gasteiger partial charge < -0.3 is 19.8 Å². The standard InChI is InChI=1S/C13H23NO4/c1-2-7-18-10-12(16)8-11-5-3-4-6-14(11)13(17)9-15/h2,11-12,15-16H,1,3-10H2. The van der Waals surface area contributed by atoms with Crippen LogP contribution in [0.25, 0.3) is 0 Å². The molecule has 104 valence electrons. The van der Waals surface area contributed by atoms with E-state index in [0.29, 0.717) is 19.6 Å². The Morgan fingerprint density at radius 1 is 1.56 bits per heavy atom. The van der Waals surface area contributed by atoms with Crippen LogP contribution in [0.3, 0.4) is 0 Å². The highest BCUT2D eigenvalue weighted by atomic mass is 16.5. The highest BCUT2D eigenvalue weighted by Gasteiger charge is 2.27. The van der Waals surface area contributed by atoms with E-state index in [2.05, 4.69) is 6.58 Å². The molecular weight excluding hydrogens is 234 g/mol. The molecule has 1 aliphatic heterocycles. The second-order valence-electron chi connectivity index (χ2n) is 4.61. The fourth-order valence-electron chi connectivity index (χ4n) is 2.33. The van der Waals surface area contributed by atoms with Crippen LogP contribution in [0.4, 0.5) is 0 Å². The molecule has 1 rings (SSSR count). The topological polar surface area (TPSA) is 70.0 Å². The van der Waals surface area contributed by atoms with Crippen LogP contribution in [0.15, 0.2) is 12.7 Å². The summed E-state index contributed by atoms with van der Waals surface area (Å²) in [6.45, 7) is 4.42. The lowest BCUT2D eigenvalue weighted by Crippen LogP contribution is -2.46. The van der Waals surface area contributed by atoms with Gasteiger partial charge >= 0.3 is 0 Å². The number of rotatable bonds is 7. The van der Waals surface area contributed by atoms with Gasteiger partial charge in [0.25, 0.3) is 0 Å². The Balaban J connectivity index is 2.41. The average molecular weight is 257 g/mol. The van der Waals surface area contributed by atoms with Crippen LogP contribution in [0.1, 0.15) is 25.7 Å². The van der Waals surface area contributed by atoms with Crippen molar-refractivity contribution >= 4 is 5.91 Å². The number of aliphatic hydroxyl groups excluding tert-OH is 2. The molecule has 1 saturated heterocycles. The molecule has 1 aliphatic rings. The van der Waals surface area contributed by atoms with Crippen LogP contribution in [-0.2, 0) is 9.53 Å². The zero-order valence-corrected chi connectivity index (χ0v) is 10.8. The number of amides is 1. The monoisotopic (exact) mass is 257 g/mol. The van der Waals surface area contributed by atoms with Crippen molar-refractivity contribution in [2.75, 3.05) is 26.4 Å². The number of aliphatic hydroxyl groups is 2. The molecule has 2 N–H and O–H groups in total. The normalized spacial score (nSPS) is 21.7. The van der Waals surface area contributed by atoms with Gasteiger partial charge in [-0.2, -0.15) is 0 Å². The summed E-state index contributed by atoms with van der Waals surface area (Å²) in [7, 11) is 0. The highest BCUT2D eigenvalue weighted by molar-refractivity contribution is 5.77. The summed E-state index contributed by atoms with van der Waals surface area (Å²) in [5, 5.41) is 18.8. The van der Waals surface area contributed by atoms with Crippen molar-refractivity contribution in [3.8, 4) is 0 Å². The maximum atomic E-state index is 11.6. The minimum Gasteiger partial charge on any atom is -0.391 e. The van der Waals surface area contributed by atoms with Crippen molar-refractivity contribution in [1.82, 2.24) is 4.90 Å². The zero-order chi connectivity index (χ0) is 13.4.